The Hall–Kier alpha value is -0.600. The summed E-state index contributed by atoms with van der Waals surface area (Å²) in [4.78, 5) is 22.1. The molecule has 0 aromatic heterocycles. The summed E-state index contributed by atoms with van der Waals surface area (Å²) >= 11 is 7.70. The van der Waals surface area contributed by atoms with E-state index >= 15 is 0 Å². The molecule has 0 saturated heterocycles. The first-order chi connectivity index (χ1) is 14.5. The fraction of sp³-hybridized carbons (Fsp3) is 0.667. The van der Waals surface area contributed by atoms with Gasteiger partial charge in [0.15, 0.2) is 0 Å². The third-order valence-electron chi connectivity index (χ3n) is 4.31. The van der Waals surface area contributed by atoms with Crippen molar-refractivity contribution >= 4 is 37.2 Å². The Balaban J connectivity index is 2.12. The molecule has 0 radical (unpaired) electrons. The molecule has 0 amide bonds. The number of carboxylic acids is 1. The van der Waals surface area contributed by atoms with Crippen LogP contribution in [0.3, 0.4) is 0 Å². The molecule has 0 aliphatic rings. The zero-order valence-electron chi connectivity index (χ0n) is 18.7. The monoisotopic (exact) mass is 496 g/mol. The minimum Gasteiger partial charge on any atom is -0.481 e. The van der Waals surface area contributed by atoms with Crippen LogP contribution in [-0.4, -0.2) is 66.6 Å². The molecule has 0 spiro atoms. The fourth-order valence-electron chi connectivity index (χ4n) is 2.97. The number of benzene rings is 1. The van der Waals surface area contributed by atoms with Gasteiger partial charge in [0, 0.05) is 9.92 Å². The van der Waals surface area contributed by atoms with E-state index in [-0.39, 0.29) is 19.6 Å². The van der Waals surface area contributed by atoms with Gasteiger partial charge in [0.1, 0.15) is 12.6 Å². The molecule has 0 bridgehead atoms. The van der Waals surface area contributed by atoms with E-state index in [2.05, 4.69) is 0 Å². The summed E-state index contributed by atoms with van der Waals surface area (Å²) in [6, 6.07) is 7.86. The number of carboxylic acid groups (broad SMARTS) is 1. The summed E-state index contributed by atoms with van der Waals surface area (Å²) in [6.45, 7) is 0.404. The number of thioether (sulfide) groups is 1. The zero-order valence-corrected chi connectivity index (χ0v) is 21.1. The molecule has 1 rings (SSSR count). The van der Waals surface area contributed by atoms with Gasteiger partial charge in [-0.05, 0) is 42.9 Å². The lowest BCUT2D eigenvalue weighted by Gasteiger charge is -2.29. The van der Waals surface area contributed by atoms with Crippen LogP contribution in [-0.2, 0) is 18.4 Å². The van der Waals surface area contributed by atoms with Crippen LogP contribution in [0.4, 0.5) is 0 Å². The van der Waals surface area contributed by atoms with E-state index in [1.165, 1.54) is 4.90 Å². The average Bonchev–Trinajstić information content (AvgIpc) is 2.62. The second-order valence-electron chi connectivity index (χ2n) is 8.52. The summed E-state index contributed by atoms with van der Waals surface area (Å²) in [5.41, 5.74) is 0. The Morgan fingerprint density at radius 2 is 1.68 bits per heavy atom. The van der Waals surface area contributed by atoms with Crippen LogP contribution in [0.1, 0.15) is 44.9 Å². The molecule has 0 aliphatic heterocycles. The second-order valence-corrected chi connectivity index (χ2v) is 11.5. The maximum atomic E-state index is 12.1. The number of hydrogen-bond acceptors (Lipinski definition) is 5. The van der Waals surface area contributed by atoms with Gasteiger partial charge in [-0.3, -0.25) is 13.8 Å². The molecule has 0 saturated carbocycles. The Morgan fingerprint density at radius 1 is 1.10 bits per heavy atom. The van der Waals surface area contributed by atoms with Crippen LogP contribution >= 0.6 is 31.2 Å². The molecule has 0 aliphatic carbocycles. The number of likely N-dealkylation sites (N-methyl/N-ethyl adjacent to an activating group) is 1. The molecule has 178 valence electrons. The average molecular weight is 497 g/mol. The maximum absolute atomic E-state index is 12.1. The number of carbonyl (C=O) groups is 1. The van der Waals surface area contributed by atoms with Gasteiger partial charge < -0.3 is 14.5 Å². The van der Waals surface area contributed by atoms with Crippen molar-refractivity contribution in [1.82, 2.24) is 0 Å². The van der Waals surface area contributed by atoms with Crippen LogP contribution in [0.2, 0.25) is 5.02 Å². The lowest BCUT2D eigenvalue weighted by Crippen LogP contribution is -2.42. The Bertz CT molecular complexity index is 698. The Kier molecular flexibility index (Phi) is 13.3. The van der Waals surface area contributed by atoms with E-state index < -0.39 is 19.9 Å². The van der Waals surface area contributed by atoms with E-state index in [0.29, 0.717) is 10.9 Å². The molecular weight excluding hydrogens is 461 g/mol. The Labute approximate surface area is 195 Å². The standard InChI is InChI=1S/C21H35ClNO6PS/c1-23(2,3)17-19(16-21(24)25)29-30(26,27)28-14-8-6-4-5-7-9-15-31-20-12-10-18(22)11-13-20/h10-13,19H,4-9,14-17H2,1-3H3,(H-,24,25,26,27)/p+1/t19-/m1/s1. The molecule has 2 atom stereocenters. The van der Waals surface area contributed by atoms with Crippen molar-refractivity contribution in [3.63, 3.8) is 0 Å². The highest BCUT2D eigenvalue weighted by Gasteiger charge is 2.31. The highest BCUT2D eigenvalue weighted by atomic mass is 35.5. The molecule has 7 nitrogen and oxygen atoms in total. The lowest BCUT2D eigenvalue weighted by molar-refractivity contribution is -0.873. The molecule has 31 heavy (non-hydrogen) atoms. The largest absolute Gasteiger partial charge is 0.481 e. The van der Waals surface area contributed by atoms with E-state index in [1.54, 1.807) is 0 Å². The van der Waals surface area contributed by atoms with Gasteiger partial charge in [0.05, 0.1) is 34.2 Å². The van der Waals surface area contributed by atoms with Crippen molar-refractivity contribution in [2.75, 3.05) is 40.0 Å². The third-order valence-corrected chi connectivity index (χ3v) is 6.74. The third kappa shape index (κ3) is 15.8. The van der Waals surface area contributed by atoms with Gasteiger partial charge >= 0.3 is 13.8 Å². The number of quaternary nitrogens is 1. The number of aliphatic carboxylic acids is 1. The number of unbranched alkanes of at least 4 members (excludes halogenated alkanes) is 5. The number of nitrogens with zero attached hydrogens (tertiary/aromatic N) is 1. The normalized spacial score (nSPS) is 14.9. The maximum Gasteiger partial charge on any atom is 0.472 e. The molecule has 1 unspecified atom stereocenters. The van der Waals surface area contributed by atoms with Gasteiger partial charge in [-0.25, -0.2) is 4.57 Å². The predicted octanol–water partition coefficient (Wildman–Crippen LogP) is 5.46. The molecule has 1 aromatic rings. The topological polar surface area (TPSA) is 93.1 Å². The first-order valence-electron chi connectivity index (χ1n) is 10.5. The lowest BCUT2D eigenvalue weighted by atomic mass is 10.1. The van der Waals surface area contributed by atoms with Crippen LogP contribution in [0.5, 0.6) is 0 Å². The smallest absolute Gasteiger partial charge is 0.472 e. The molecule has 0 fully saturated rings. The fourth-order valence-corrected chi connectivity index (χ4v) is 4.95. The quantitative estimate of drug-likeness (QED) is 0.128. The van der Waals surface area contributed by atoms with Crippen LogP contribution < -0.4 is 0 Å². The second kappa shape index (κ2) is 14.5. The number of rotatable bonds is 17. The summed E-state index contributed by atoms with van der Waals surface area (Å²) in [5, 5.41) is 9.74. The number of halogens is 1. The van der Waals surface area contributed by atoms with Crippen molar-refractivity contribution in [3.8, 4) is 0 Å². The van der Waals surface area contributed by atoms with E-state index in [1.807, 2.05) is 57.2 Å². The van der Waals surface area contributed by atoms with Crippen molar-refractivity contribution in [2.45, 2.75) is 55.9 Å². The van der Waals surface area contributed by atoms with Crippen LogP contribution in [0, 0.1) is 0 Å². The number of hydrogen-bond donors (Lipinski definition) is 2. The highest BCUT2D eigenvalue weighted by molar-refractivity contribution is 7.99. The van der Waals surface area contributed by atoms with Crippen molar-refractivity contribution in [2.24, 2.45) is 0 Å². The molecule has 10 heteroatoms. The van der Waals surface area contributed by atoms with Gasteiger partial charge in [-0.15, -0.1) is 11.8 Å². The highest BCUT2D eigenvalue weighted by Crippen LogP contribution is 2.45. The summed E-state index contributed by atoms with van der Waals surface area (Å²) in [6.07, 6.45) is 4.76. The van der Waals surface area contributed by atoms with Crippen molar-refractivity contribution in [3.05, 3.63) is 29.3 Å². The SMILES string of the molecule is C[N+](C)(C)C[C@@H](CC(=O)O)OP(=O)(O)OCCCCCCCCSc1ccc(Cl)cc1. The van der Waals surface area contributed by atoms with Crippen molar-refractivity contribution < 1.29 is 32.9 Å². The minimum atomic E-state index is -4.28. The first-order valence-corrected chi connectivity index (χ1v) is 13.4. The summed E-state index contributed by atoms with van der Waals surface area (Å²) in [5.74, 6) is -0.00868. The van der Waals surface area contributed by atoms with Gasteiger partial charge in [-0.2, -0.15) is 0 Å². The number of phosphoric ester groups is 1. The summed E-state index contributed by atoms with van der Waals surface area (Å²) in [7, 11) is 1.30. The van der Waals surface area contributed by atoms with E-state index in [0.717, 1.165) is 42.9 Å². The molecule has 0 heterocycles. The van der Waals surface area contributed by atoms with Gasteiger partial charge in [0.25, 0.3) is 0 Å². The number of phosphoric acid groups is 1. The van der Waals surface area contributed by atoms with E-state index in [9.17, 15) is 14.3 Å². The van der Waals surface area contributed by atoms with Crippen LogP contribution in [0.25, 0.3) is 0 Å². The van der Waals surface area contributed by atoms with E-state index in [4.69, 9.17) is 25.8 Å². The molecule has 1 aromatic carbocycles. The summed E-state index contributed by atoms with van der Waals surface area (Å²) < 4.78 is 22.7. The van der Waals surface area contributed by atoms with Crippen molar-refractivity contribution in [1.29, 1.82) is 0 Å². The molecular formula is C21H36ClNO6PS+. The minimum absolute atomic E-state index is 0.115. The molecule has 2 N–H and O–H groups in total. The van der Waals surface area contributed by atoms with Gasteiger partial charge in [0.2, 0.25) is 0 Å². The zero-order chi connectivity index (χ0) is 23.3. The van der Waals surface area contributed by atoms with Gasteiger partial charge in [-0.1, -0.05) is 37.3 Å². The predicted molar refractivity (Wildman–Crippen MR) is 126 cm³/mol. The Morgan fingerprint density at radius 3 is 2.26 bits per heavy atom. The first kappa shape index (κ1) is 28.4. The van der Waals surface area contributed by atoms with Crippen LogP contribution in [0.15, 0.2) is 29.2 Å².